The number of nitrogens with zero attached hydrogens (tertiary/aromatic N) is 2. The zero-order valence-electron chi connectivity index (χ0n) is 13.0. The van der Waals surface area contributed by atoms with Crippen molar-refractivity contribution in [2.45, 2.75) is 11.4 Å². The fraction of sp³-hybridized carbons (Fsp3) is 0.0556. The van der Waals surface area contributed by atoms with Crippen molar-refractivity contribution < 1.29 is 8.42 Å². The second-order valence-corrected chi connectivity index (χ2v) is 8.82. The minimum absolute atomic E-state index is 0.102. The lowest BCUT2D eigenvalue weighted by atomic mass is 10.2. The summed E-state index contributed by atoms with van der Waals surface area (Å²) in [6, 6.07) is 17.1. The van der Waals surface area contributed by atoms with E-state index in [1.807, 2.05) is 22.9 Å². The molecule has 0 aliphatic heterocycles. The van der Waals surface area contributed by atoms with Gasteiger partial charge in [0.2, 0.25) is 0 Å². The molecule has 0 radical (unpaired) electrons. The molecule has 0 saturated heterocycles. The first kappa shape index (κ1) is 17.7. The number of halogens is 1. The Morgan fingerprint density at radius 3 is 2.52 bits per heavy atom. The molecule has 0 amide bonds. The maximum Gasteiger partial charge on any atom is 0.264 e. The number of rotatable bonds is 5. The van der Waals surface area contributed by atoms with Crippen LogP contribution in [0.3, 0.4) is 0 Å². The third kappa shape index (κ3) is 3.93. The first-order valence-electron chi connectivity index (χ1n) is 7.30. The molecule has 0 N–H and O–H groups in total. The molecule has 0 saturated carbocycles. The highest BCUT2D eigenvalue weighted by molar-refractivity contribution is 9.10. The van der Waals surface area contributed by atoms with Gasteiger partial charge >= 0.3 is 0 Å². The highest BCUT2D eigenvalue weighted by Crippen LogP contribution is 2.28. The van der Waals surface area contributed by atoms with E-state index in [0.29, 0.717) is 11.3 Å². The smallest absolute Gasteiger partial charge is 0.262 e. The van der Waals surface area contributed by atoms with Gasteiger partial charge < -0.3 is 0 Å². The zero-order chi connectivity index (χ0) is 17.9. The van der Waals surface area contributed by atoms with Crippen molar-refractivity contribution in [3.63, 3.8) is 0 Å². The third-order valence-corrected chi connectivity index (χ3v) is 6.60. The summed E-state index contributed by atoms with van der Waals surface area (Å²) in [7, 11) is -3.80. The number of hydrogen-bond donors (Lipinski definition) is 0. The summed E-state index contributed by atoms with van der Waals surface area (Å²) in [4.78, 5) is 0.102. The van der Waals surface area contributed by atoms with Gasteiger partial charge in [0.15, 0.2) is 0 Å². The summed E-state index contributed by atoms with van der Waals surface area (Å²) < 4.78 is 28.7. The van der Waals surface area contributed by atoms with Gasteiger partial charge in [-0.1, -0.05) is 22.0 Å². The molecular formula is C18H13BrN2O2S2. The monoisotopic (exact) mass is 432 g/mol. The van der Waals surface area contributed by atoms with E-state index in [9.17, 15) is 8.42 Å². The summed E-state index contributed by atoms with van der Waals surface area (Å²) in [5, 5.41) is 12.9. The predicted molar refractivity (Wildman–Crippen MR) is 103 cm³/mol. The molecule has 1 aromatic heterocycles. The van der Waals surface area contributed by atoms with Crippen LogP contribution in [0.2, 0.25) is 0 Å². The second-order valence-electron chi connectivity index (χ2n) is 5.26. The van der Waals surface area contributed by atoms with Gasteiger partial charge in [-0.05, 0) is 64.9 Å². The Labute approximate surface area is 159 Å². The van der Waals surface area contributed by atoms with Gasteiger partial charge in [-0.2, -0.15) is 16.6 Å². The molecule has 0 unspecified atom stereocenters. The predicted octanol–water partition coefficient (Wildman–Crippen LogP) is 4.78. The van der Waals surface area contributed by atoms with Crippen LogP contribution in [0.1, 0.15) is 11.1 Å². The molecule has 25 heavy (non-hydrogen) atoms. The van der Waals surface area contributed by atoms with Gasteiger partial charge in [0, 0.05) is 4.47 Å². The van der Waals surface area contributed by atoms with Gasteiger partial charge in [0.05, 0.1) is 28.8 Å². The normalized spacial score (nSPS) is 11.0. The van der Waals surface area contributed by atoms with Crippen LogP contribution < -0.4 is 4.31 Å². The fourth-order valence-electron chi connectivity index (χ4n) is 2.32. The van der Waals surface area contributed by atoms with Crippen molar-refractivity contribution in [2.75, 3.05) is 4.31 Å². The number of hydrogen-bond acceptors (Lipinski definition) is 4. The van der Waals surface area contributed by atoms with Crippen LogP contribution in [-0.4, -0.2) is 8.42 Å². The Morgan fingerprint density at radius 2 is 1.88 bits per heavy atom. The van der Waals surface area contributed by atoms with E-state index in [0.717, 1.165) is 10.0 Å². The van der Waals surface area contributed by atoms with E-state index >= 15 is 0 Å². The first-order valence-corrected chi connectivity index (χ1v) is 10.5. The molecule has 0 aliphatic carbocycles. The lowest BCUT2D eigenvalue weighted by molar-refractivity contribution is 0.590. The van der Waals surface area contributed by atoms with Crippen LogP contribution in [0.25, 0.3) is 0 Å². The van der Waals surface area contributed by atoms with Crippen LogP contribution >= 0.6 is 27.3 Å². The lowest BCUT2D eigenvalue weighted by Gasteiger charge is -2.24. The third-order valence-electron chi connectivity index (χ3n) is 3.57. The van der Waals surface area contributed by atoms with E-state index in [-0.39, 0.29) is 11.4 Å². The lowest BCUT2D eigenvalue weighted by Crippen LogP contribution is -2.30. The largest absolute Gasteiger partial charge is 0.264 e. The molecule has 1 heterocycles. The van der Waals surface area contributed by atoms with E-state index in [4.69, 9.17) is 5.26 Å². The van der Waals surface area contributed by atoms with Crippen LogP contribution in [-0.2, 0) is 16.6 Å². The molecule has 0 bridgehead atoms. The Morgan fingerprint density at radius 1 is 1.12 bits per heavy atom. The van der Waals surface area contributed by atoms with Crippen molar-refractivity contribution >= 4 is 43.0 Å². The molecular weight excluding hydrogens is 420 g/mol. The Balaban J connectivity index is 2.09. The molecule has 4 nitrogen and oxygen atoms in total. The molecule has 0 fully saturated rings. The van der Waals surface area contributed by atoms with Gasteiger partial charge in [-0.25, -0.2) is 8.42 Å². The summed E-state index contributed by atoms with van der Waals surface area (Å²) in [5.74, 6) is 0. The van der Waals surface area contributed by atoms with E-state index in [1.54, 1.807) is 36.4 Å². The first-order chi connectivity index (χ1) is 12.0. The van der Waals surface area contributed by atoms with E-state index < -0.39 is 10.0 Å². The molecule has 7 heteroatoms. The topological polar surface area (TPSA) is 61.2 Å². The Hall–Kier alpha value is -2.14. The quantitative estimate of drug-likeness (QED) is 0.582. The van der Waals surface area contributed by atoms with Crippen molar-refractivity contribution in [1.29, 1.82) is 5.26 Å². The molecule has 3 aromatic rings. The Kier molecular flexibility index (Phi) is 5.23. The van der Waals surface area contributed by atoms with Gasteiger partial charge in [0.25, 0.3) is 10.0 Å². The van der Waals surface area contributed by atoms with Gasteiger partial charge in [-0.15, -0.1) is 0 Å². The van der Waals surface area contributed by atoms with Crippen LogP contribution in [0.15, 0.2) is 74.7 Å². The molecule has 0 atom stereocenters. The summed E-state index contributed by atoms with van der Waals surface area (Å²) >= 11 is 4.89. The summed E-state index contributed by atoms with van der Waals surface area (Å²) in [5.41, 5.74) is 1.79. The van der Waals surface area contributed by atoms with E-state index in [2.05, 4.69) is 15.9 Å². The van der Waals surface area contributed by atoms with Crippen LogP contribution in [0.4, 0.5) is 5.69 Å². The van der Waals surface area contributed by atoms with Crippen LogP contribution in [0, 0.1) is 11.3 Å². The number of nitriles is 1. The molecule has 0 spiro atoms. The van der Waals surface area contributed by atoms with Crippen molar-refractivity contribution in [2.24, 2.45) is 0 Å². The molecule has 0 aliphatic rings. The highest BCUT2D eigenvalue weighted by Gasteiger charge is 2.25. The summed E-state index contributed by atoms with van der Waals surface area (Å²) in [6.45, 7) is 0.226. The minimum atomic E-state index is -3.80. The van der Waals surface area contributed by atoms with Crippen molar-refractivity contribution in [3.05, 3.63) is 81.0 Å². The average Bonchev–Trinajstić information content (AvgIpc) is 3.14. The maximum atomic E-state index is 13.2. The molecule has 3 rings (SSSR count). The standard InChI is InChI=1S/C18H13BrN2O2S2/c19-16-4-6-17(7-5-16)21(12-15-8-9-24-13-15)25(22,23)18-3-1-2-14(10-18)11-20/h1-10,13H,12H2. The van der Waals surface area contributed by atoms with Crippen LogP contribution in [0.5, 0.6) is 0 Å². The molecule has 126 valence electrons. The number of sulfonamides is 1. The van der Waals surface area contributed by atoms with Crippen molar-refractivity contribution in [3.8, 4) is 6.07 Å². The second kappa shape index (κ2) is 7.40. The number of anilines is 1. The highest BCUT2D eigenvalue weighted by atomic mass is 79.9. The number of benzene rings is 2. The molecule has 2 aromatic carbocycles. The van der Waals surface area contributed by atoms with E-state index in [1.165, 1.54) is 27.8 Å². The number of thiophene rings is 1. The Bertz CT molecular complexity index is 1010. The van der Waals surface area contributed by atoms with Gasteiger partial charge in [0.1, 0.15) is 0 Å². The minimum Gasteiger partial charge on any atom is -0.262 e. The fourth-order valence-corrected chi connectivity index (χ4v) is 4.75. The van der Waals surface area contributed by atoms with Gasteiger partial charge in [-0.3, -0.25) is 4.31 Å². The SMILES string of the molecule is N#Cc1cccc(S(=O)(=O)N(Cc2ccsc2)c2ccc(Br)cc2)c1. The zero-order valence-corrected chi connectivity index (χ0v) is 16.2. The van der Waals surface area contributed by atoms with Crippen molar-refractivity contribution in [1.82, 2.24) is 0 Å². The average molecular weight is 433 g/mol. The maximum absolute atomic E-state index is 13.2. The summed E-state index contributed by atoms with van der Waals surface area (Å²) in [6.07, 6.45) is 0.